The van der Waals surface area contributed by atoms with E-state index in [0.29, 0.717) is 12.1 Å². The Morgan fingerprint density at radius 3 is 2.57 bits per heavy atom. The molecule has 0 atom stereocenters. The number of aryl methyl sites for hydroxylation is 1. The van der Waals surface area contributed by atoms with Crippen molar-refractivity contribution in [3.8, 4) is 0 Å². The number of carbonyl (C=O) groups excluding carboxylic acids is 1. The molecule has 0 aliphatic carbocycles. The maximum absolute atomic E-state index is 11.1. The number of carboxylic acids is 1. The average molecular weight is 284 g/mol. The second kappa shape index (κ2) is 6.09. The van der Waals surface area contributed by atoms with Crippen molar-refractivity contribution >= 4 is 17.6 Å². The molecule has 0 unspecified atom stereocenters. The van der Waals surface area contributed by atoms with Gasteiger partial charge in [-0.3, -0.25) is 4.79 Å². The smallest absolute Gasteiger partial charge is 0.335 e. The van der Waals surface area contributed by atoms with Gasteiger partial charge < -0.3 is 16.2 Å². The molecule has 0 aromatic heterocycles. The zero-order chi connectivity index (χ0) is 15.4. The number of carbonyl (C=O) groups is 2. The topological polar surface area (TPSA) is 92.4 Å². The first-order valence-electron chi connectivity index (χ1n) is 6.44. The Hall–Kier alpha value is -2.82. The summed E-state index contributed by atoms with van der Waals surface area (Å²) in [6, 6.07) is 11.9. The van der Waals surface area contributed by atoms with Crippen LogP contribution in [-0.2, 0) is 6.54 Å². The minimum absolute atomic E-state index is 0.231. The molecule has 2 rings (SSSR count). The molecule has 0 heterocycles. The average Bonchev–Trinajstić information content (AvgIpc) is 2.46. The molecule has 0 aliphatic rings. The highest BCUT2D eigenvalue weighted by atomic mass is 16.4. The third-order valence-corrected chi connectivity index (χ3v) is 3.18. The first kappa shape index (κ1) is 14.6. The van der Waals surface area contributed by atoms with Gasteiger partial charge in [0.05, 0.1) is 5.56 Å². The number of rotatable bonds is 5. The Bertz CT molecular complexity index is 696. The highest BCUT2D eigenvalue weighted by Gasteiger charge is 2.06. The van der Waals surface area contributed by atoms with Crippen LogP contribution in [0.15, 0.2) is 42.5 Å². The van der Waals surface area contributed by atoms with Gasteiger partial charge in [-0.25, -0.2) is 4.79 Å². The number of nitrogens with one attached hydrogen (secondary N) is 1. The predicted molar refractivity (Wildman–Crippen MR) is 80.4 cm³/mol. The van der Waals surface area contributed by atoms with E-state index in [1.807, 2.05) is 13.0 Å². The molecule has 0 spiro atoms. The summed E-state index contributed by atoms with van der Waals surface area (Å²) in [5.74, 6) is -1.44. The summed E-state index contributed by atoms with van der Waals surface area (Å²) in [6.07, 6.45) is 0. The standard InChI is InChI=1S/C16H16N2O3/c1-10-5-6-13(16(20)21)8-14(10)18-9-11-3-2-4-12(7-11)15(17)19/h2-8,18H,9H2,1H3,(H2,17,19)(H,20,21). The van der Waals surface area contributed by atoms with E-state index in [4.69, 9.17) is 10.8 Å². The Morgan fingerprint density at radius 1 is 1.14 bits per heavy atom. The molecule has 4 N–H and O–H groups in total. The van der Waals surface area contributed by atoms with Crippen LogP contribution in [0.2, 0.25) is 0 Å². The van der Waals surface area contributed by atoms with E-state index in [2.05, 4.69) is 5.32 Å². The van der Waals surface area contributed by atoms with Gasteiger partial charge in [0.2, 0.25) is 5.91 Å². The normalized spacial score (nSPS) is 10.1. The van der Waals surface area contributed by atoms with Gasteiger partial charge in [-0.05, 0) is 42.3 Å². The minimum Gasteiger partial charge on any atom is -0.478 e. The molecule has 2 aromatic carbocycles. The lowest BCUT2D eigenvalue weighted by atomic mass is 10.1. The fourth-order valence-corrected chi connectivity index (χ4v) is 1.98. The van der Waals surface area contributed by atoms with Crippen LogP contribution in [0.1, 0.15) is 31.8 Å². The van der Waals surface area contributed by atoms with E-state index in [1.165, 1.54) is 0 Å². The molecule has 0 aliphatic heterocycles. The summed E-state index contributed by atoms with van der Waals surface area (Å²) < 4.78 is 0. The molecule has 0 fully saturated rings. The van der Waals surface area contributed by atoms with Gasteiger partial charge in [-0.1, -0.05) is 18.2 Å². The van der Waals surface area contributed by atoms with Crippen LogP contribution in [0.3, 0.4) is 0 Å². The number of carboxylic acid groups (broad SMARTS) is 1. The fraction of sp³-hybridized carbons (Fsp3) is 0.125. The number of nitrogens with two attached hydrogens (primary N) is 1. The number of benzene rings is 2. The molecule has 2 aromatic rings. The van der Waals surface area contributed by atoms with Crippen molar-refractivity contribution in [2.75, 3.05) is 5.32 Å². The second-order valence-electron chi connectivity index (χ2n) is 4.75. The molecule has 0 bridgehead atoms. The lowest BCUT2D eigenvalue weighted by Crippen LogP contribution is -2.11. The number of anilines is 1. The summed E-state index contributed by atoms with van der Waals surface area (Å²) in [6.45, 7) is 2.37. The summed E-state index contributed by atoms with van der Waals surface area (Å²) in [7, 11) is 0. The molecule has 1 amide bonds. The van der Waals surface area contributed by atoms with E-state index >= 15 is 0 Å². The number of hydrogen-bond donors (Lipinski definition) is 3. The van der Waals surface area contributed by atoms with Crippen LogP contribution in [0.5, 0.6) is 0 Å². The summed E-state index contributed by atoms with van der Waals surface area (Å²) in [4.78, 5) is 22.1. The van der Waals surface area contributed by atoms with Gasteiger partial charge in [0.1, 0.15) is 0 Å². The van der Waals surface area contributed by atoms with Crippen molar-refractivity contribution < 1.29 is 14.7 Å². The molecule has 21 heavy (non-hydrogen) atoms. The lowest BCUT2D eigenvalue weighted by molar-refractivity contribution is 0.0696. The van der Waals surface area contributed by atoms with Gasteiger partial charge in [0, 0.05) is 17.8 Å². The summed E-state index contributed by atoms with van der Waals surface area (Å²) >= 11 is 0. The highest BCUT2D eigenvalue weighted by Crippen LogP contribution is 2.18. The zero-order valence-corrected chi connectivity index (χ0v) is 11.6. The highest BCUT2D eigenvalue weighted by molar-refractivity contribution is 5.93. The predicted octanol–water partition coefficient (Wildman–Crippen LogP) is 2.40. The largest absolute Gasteiger partial charge is 0.478 e. The van der Waals surface area contributed by atoms with Crippen LogP contribution in [0, 0.1) is 6.92 Å². The van der Waals surface area contributed by atoms with Crippen molar-refractivity contribution in [1.82, 2.24) is 0 Å². The maximum Gasteiger partial charge on any atom is 0.335 e. The van der Waals surface area contributed by atoms with E-state index < -0.39 is 11.9 Å². The first-order valence-corrected chi connectivity index (χ1v) is 6.44. The van der Waals surface area contributed by atoms with Crippen LogP contribution in [-0.4, -0.2) is 17.0 Å². The number of hydrogen-bond acceptors (Lipinski definition) is 3. The Labute approximate surface area is 122 Å². The summed E-state index contributed by atoms with van der Waals surface area (Å²) in [5.41, 5.74) is 8.52. The monoisotopic (exact) mass is 284 g/mol. The van der Waals surface area contributed by atoms with Crippen LogP contribution in [0.4, 0.5) is 5.69 Å². The Kier molecular flexibility index (Phi) is 4.23. The van der Waals surface area contributed by atoms with Crippen molar-refractivity contribution in [2.45, 2.75) is 13.5 Å². The molecular formula is C16H16N2O3. The molecule has 0 radical (unpaired) electrons. The minimum atomic E-state index is -0.964. The maximum atomic E-state index is 11.1. The van der Waals surface area contributed by atoms with Gasteiger partial charge in [-0.2, -0.15) is 0 Å². The molecule has 0 saturated carbocycles. The van der Waals surface area contributed by atoms with Crippen molar-refractivity contribution in [1.29, 1.82) is 0 Å². The Morgan fingerprint density at radius 2 is 1.90 bits per heavy atom. The first-order chi connectivity index (χ1) is 9.97. The summed E-state index contributed by atoms with van der Waals surface area (Å²) in [5, 5.41) is 12.2. The van der Waals surface area contributed by atoms with Gasteiger partial charge >= 0.3 is 5.97 Å². The molecular weight excluding hydrogens is 268 g/mol. The van der Waals surface area contributed by atoms with E-state index in [9.17, 15) is 9.59 Å². The lowest BCUT2D eigenvalue weighted by Gasteiger charge is -2.11. The second-order valence-corrected chi connectivity index (χ2v) is 4.75. The van der Waals surface area contributed by atoms with Gasteiger partial charge in [-0.15, -0.1) is 0 Å². The zero-order valence-electron chi connectivity index (χ0n) is 11.6. The number of aromatic carboxylic acids is 1. The molecule has 5 nitrogen and oxygen atoms in total. The van der Waals surface area contributed by atoms with E-state index in [1.54, 1.807) is 36.4 Å². The van der Waals surface area contributed by atoms with Crippen molar-refractivity contribution in [3.05, 3.63) is 64.7 Å². The molecule has 108 valence electrons. The fourth-order valence-electron chi connectivity index (χ4n) is 1.98. The van der Waals surface area contributed by atoms with Crippen molar-refractivity contribution in [2.24, 2.45) is 5.73 Å². The SMILES string of the molecule is Cc1ccc(C(=O)O)cc1NCc1cccc(C(N)=O)c1. The quantitative estimate of drug-likeness (QED) is 0.786. The van der Waals surface area contributed by atoms with Gasteiger partial charge in [0.15, 0.2) is 0 Å². The molecule has 5 heteroatoms. The number of amides is 1. The third kappa shape index (κ3) is 3.60. The van der Waals surface area contributed by atoms with E-state index in [0.717, 1.165) is 16.8 Å². The van der Waals surface area contributed by atoms with E-state index in [-0.39, 0.29) is 5.56 Å². The van der Waals surface area contributed by atoms with Gasteiger partial charge in [0.25, 0.3) is 0 Å². The van der Waals surface area contributed by atoms with Crippen LogP contribution in [0.25, 0.3) is 0 Å². The van der Waals surface area contributed by atoms with Crippen LogP contribution < -0.4 is 11.1 Å². The Balaban J connectivity index is 2.16. The van der Waals surface area contributed by atoms with Crippen molar-refractivity contribution in [3.63, 3.8) is 0 Å². The van der Waals surface area contributed by atoms with Crippen LogP contribution >= 0.6 is 0 Å². The number of primary amides is 1. The third-order valence-electron chi connectivity index (χ3n) is 3.18. The molecule has 0 saturated heterocycles.